The van der Waals surface area contributed by atoms with Crippen LogP contribution < -0.4 is 0 Å². The lowest BCUT2D eigenvalue weighted by atomic mass is 10.3. The smallest absolute Gasteiger partial charge is 0.338 e. The first-order chi connectivity index (χ1) is 6.74. The second-order valence-electron chi connectivity index (χ2n) is 2.86. The van der Waals surface area contributed by atoms with Crippen molar-refractivity contribution in [2.24, 2.45) is 0 Å². The Morgan fingerprint density at radius 1 is 1.64 bits per heavy atom. The normalized spacial score (nSPS) is 9.86. The van der Waals surface area contributed by atoms with Gasteiger partial charge in [0, 0.05) is 12.3 Å². The van der Waals surface area contributed by atoms with Crippen molar-refractivity contribution in [2.75, 3.05) is 6.61 Å². The predicted octanol–water partition coefficient (Wildman–Crippen LogP) is 2.18. The average Bonchev–Trinajstić information content (AvgIpc) is 2.18. The van der Waals surface area contributed by atoms with E-state index in [9.17, 15) is 9.18 Å². The van der Waals surface area contributed by atoms with Gasteiger partial charge in [-0.1, -0.05) is 13.3 Å². The van der Waals surface area contributed by atoms with Gasteiger partial charge < -0.3 is 4.74 Å². The standard InChI is InChI=1S/C10H12FNO2/c1-2-3-6-14-10(13)8-4-5-12-9(11)7-8/h4-5,7H,2-3,6H2,1H3. The maximum absolute atomic E-state index is 12.6. The van der Waals surface area contributed by atoms with Crippen molar-refractivity contribution in [3.05, 3.63) is 29.8 Å². The third kappa shape index (κ3) is 3.12. The zero-order valence-corrected chi connectivity index (χ0v) is 8.00. The second kappa shape index (κ2) is 5.32. The fraction of sp³-hybridized carbons (Fsp3) is 0.400. The van der Waals surface area contributed by atoms with Gasteiger partial charge in [0.2, 0.25) is 5.95 Å². The van der Waals surface area contributed by atoms with Crippen LogP contribution in [0.15, 0.2) is 18.3 Å². The molecule has 76 valence electrons. The zero-order valence-electron chi connectivity index (χ0n) is 8.00. The summed E-state index contributed by atoms with van der Waals surface area (Å²) in [5.41, 5.74) is 0.202. The Balaban J connectivity index is 2.52. The van der Waals surface area contributed by atoms with E-state index >= 15 is 0 Å². The monoisotopic (exact) mass is 197 g/mol. The summed E-state index contributed by atoms with van der Waals surface area (Å²) in [6.45, 7) is 2.37. The molecule has 0 aliphatic heterocycles. The van der Waals surface area contributed by atoms with Gasteiger partial charge >= 0.3 is 5.97 Å². The van der Waals surface area contributed by atoms with Crippen molar-refractivity contribution >= 4 is 5.97 Å². The minimum absolute atomic E-state index is 0.202. The van der Waals surface area contributed by atoms with Gasteiger partial charge in [-0.25, -0.2) is 9.78 Å². The Hall–Kier alpha value is -1.45. The first kappa shape index (κ1) is 10.6. The highest BCUT2D eigenvalue weighted by atomic mass is 19.1. The van der Waals surface area contributed by atoms with E-state index in [0.717, 1.165) is 18.9 Å². The molecule has 0 aromatic carbocycles. The van der Waals surface area contributed by atoms with Crippen LogP contribution in [0.5, 0.6) is 0 Å². The van der Waals surface area contributed by atoms with Crippen molar-refractivity contribution in [1.82, 2.24) is 4.98 Å². The third-order valence-electron chi connectivity index (χ3n) is 1.69. The molecule has 0 radical (unpaired) electrons. The highest BCUT2D eigenvalue weighted by molar-refractivity contribution is 5.89. The van der Waals surface area contributed by atoms with E-state index in [0.29, 0.717) is 6.61 Å². The lowest BCUT2D eigenvalue weighted by Gasteiger charge is -2.02. The number of nitrogens with zero attached hydrogens (tertiary/aromatic N) is 1. The molecule has 0 aliphatic carbocycles. The van der Waals surface area contributed by atoms with Crippen LogP contribution in [-0.2, 0) is 4.74 Å². The molecule has 1 heterocycles. The van der Waals surface area contributed by atoms with Crippen LogP contribution in [0.25, 0.3) is 0 Å². The number of pyridine rings is 1. The van der Waals surface area contributed by atoms with Gasteiger partial charge in [-0.05, 0) is 12.5 Å². The summed E-state index contributed by atoms with van der Waals surface area (Å²) in [6, 6.07) is 2.49. The number of hydrogen-bond acceptors (Lipinski definition) is 3. The van der Waals surface area contributed by atoms with Gasteiger partial charge in [-0.2, -0.15) is 4.39 Å². The Morgan fingerprint density at radius 2 is 2.43 bits per heavy atom. The summed E-state index contributed by atoms with van der Waals surface area (Å²) in [4.78, 5) is 14.6. The lowest BCUT2D eigenvalue weighted by Crippen LogP contribution is -2.06. The Morgan fingerprint density at radius 3 is 3.07 bits per heavy atom. The molecular formula is C10H12FNO2. The Bertz CT molecular complexity index is 315. The van der Waals surface area contributed by atoms with E-state index in [4.69, 9.17) is 4.74 Å². The van der Waals surface area contributed by atoms with E-state index in [2.05, 4.69) is 4.98 Å². The van der Waals surface area contributed by atoms with Crippen LogP contribution >= 0.6 is 0 Å². The number of aromatic nitrogens is 1. The molecule has 0 bridgehead atoms. The fourth-order valence-corrected chi connectivity index (χ4v) is 0.922. The van der Waals surface area contributed by atoms with Crippen LogP contribution in [0.3, 0.4) is 0 Å². The van der Waals surface area contributed by atoms with Gasteiger partial charge in [0.15, 0.2) is 0 Å². The highest BCUT2D eigenvalue weighted by Crippen LogP contribution is 2.03. The summed E-state index contributed by atoms with van der Waals surface area (Å²) in [7, 11) is 0. The predicted molar refractivity (Wildman–Crippen MR) is 49.4 cm³/mol. The Labute approximate surface area is 81.9 Å². The molecule has 3 nitrogen and oxygen atoms in total. The number of rotatable bonds is 4. The van der Waals surface area contributed by atoms with Crippen LogP contribution in [-0.4, -0.2) is 17.6 Å². The van der Waals surface area contributed by atoms with E-state index < -0.39 is 11.9 Å². The number of ether oxygens (including phenoxy) is 1. The number of carbonyl (C=O) groups is 1. The van der Waals surface area contributed by atoms with Crippen LogP contribution in [0, 0.1) is 5.95 Å². The second-order valence-corrected chi connectivity index (χ2v) is 2.86. The first-order valence-corrected chi connectivity index (χ1v) is 4.52. The summed E-state index contributed by atoms with van der Waals surface area (Å²) < 4.78 is 17.5. The molecule has 0 unspecified atom stereocenters. The fourth-order valence-electron chi connectivity index (χ4n) is 0.922. The maximum Gasteiger partial charge on any atom is 0.338 e. The van der Waals surface area contributed by atoms with Gasteiger partial charge in [0.1, 0.15) is 0 Å². The molecule has 1 aromatic rings. The first-order valence-electron chi connectivity index (χ1n) is 4.52. The molecule has 4 heteroatoms. The number of carbonyl (C=O) groups excluding carboxylic acids is 1. The Kier molecular flexibility index (Phi) is 4.04. The van der Waals surface area contributed by atoms with Crippen molar-refractivity contribution in [2.45, 2.75) is 19.8 Å². The minimum Gasteiger partial charge on any atom is -0.462 e. The van der Waals surface area contributed by atoms with Crippen molar-refractivity contribution < 1.29 is 13.9 Å². The summed E-state index contributed by atoms with van der Waals surface area (Å²) >= 11 is 0. The van der Waals surface area contributed by atoms with E-state index in [-0.39, 0.29) is 5.56 Å². The molecule has 14 heavy (non-hydrogen) atoms. The topological polar surface area (TPSA) is 39.2 Å². The molecule has 1 rings (SSSR count). The molecule has 0 aliphatic rings. The van der Waals surface area contributed by atoms with Crippen molar-refractivity contribution in [3.8, 4) is 0 Å². The summed E-state index contributed by atoms with van der Waals surface area (Å²) in [5.74, 6) is -1.17. The maximum atomic E-state index is 12.6. The lowest BCUT2D eigenvalue weighted by molar-refractivity contribution is 0.0499. The van der Waals surface area contributed by atoms with E-state index in [1.165, 1.54) is 12.3 Å². The quantitative estimate of drug-likeness (QED) is 0.422. The van der Waals surface area contributed by atoms with E-state index in [1.54, 1.807) is 0 Å². The molecule has 1 aromatic heterocycles. The average molecular weight is 197 g/mol. The van der Waals surface area contributed by atoms with E-state index in [1.807, 2.05) is 6.92 Å². The van der Waals surface area contributed by atoms with Crippen LogP contribution in [0.2, 0.25) is 0 Å². The summed E-state index contributed by atoms with van der Waals surface area (Å²) in [5, 5.41) is 0. The molecule has 0 atom stereocenters. The van der Waals surface area contributed by atoms with Crippen LogP contribution in [0.4, 0.5) is 4.39 Å². The zero-order chi connectivity index (χ0) is 10.4. The molecule has 0 fully saturated rings. The molecule has 0 spiro atoms. The summed E-state index contributed by atoms with van der Waals surface area (Å²) in [6.07, 6.45) is 3.02. The molecular weight excluding hydrogens is 185 g/mol. The SMILES string of the molecule is CCCCOC(=O)c1ccnc(F)c1. The van der Waals surface area contributed by atoms with Gasteiger partial charge in [0.05, 0.1) is 12.2 Å². The van der Waals surface area contributed by atoms with Crippen molar-refractivity contribution in [1.29, 1.82) is 0 Å². The number of halogens is 1. The van der Waals surface area contributed by atoms with Gasteiger partial charge in [0.25, 0.3) is 0 Å². The van der Waals surface area contributed by atoms with Gasteiger partial charge in [-0.15, -0.1) is 0 Å². The van der Waals surface area contributed by atoms with Gasteiger partial charge in [-0.3, -0.25) is 0 Å². The third-order valence-corrected chi connectivity index (χ3v) is 1.69. The molecule has 0 N–H and O–H groups in total. The number of esters is 1. The minimum atomic E-state index is -0.671. The molecule has 0 saturated carbocycles. The van der Waals surface area contributed by atoms with Crippen LogP contribution in [0.1, 0.15) is 30.1 Å². The largest absolute Gasteiger partial charge is 0.462 e. The number of hydrogen-bond donors (Lipinski definition) is 0. The number of unbranched alkanes of at least 4 members (excludes halogenated alkanes) is 1. The molecule has 0 saturated heterocycles. The highest BCUT2D eigenvalue weighted by Gasteiger charge is 2.07. The molecule has 0 amide bonds. The van der Waals surface area contributed by atoms with Crippen molar-refractivity contribution in [3.63, 3.8) is 0 Å².